The molecule has 3 aromatic carbocycles. The van der Waals surface area contributed by atoms with Gasteiger partial charge in [0.15, 0.2) is 0 Å². The minimum absolute atomic E-state index is 0.0480. The maximum atomic E-state index is 12.8. The van der Waals surface area contributed by atoms with Crippen LogP contribution in [0.5, 0.6) is 0 Å². The molecule has 11 nitrogen and oxygen atoms in total. The average Bonchev–Trinajstić information content (AvgIpc) is 2.94. The molecule has 12 heteroatoms. The van der Waals surface area contributed by atoms with Crippen molar-refractivity contribution in [1.82, 2.24) is 13.9 Å². The second-order valence-corrected chi connectivity index (χ2v) is 10.1. The maximum Gasteiger partial charge on any atom is 0.331 e. The summed E-state index contributed by atoms with van der Waals surface area (Å²) in [5.74, 6) is 2.15. The Morgan fingerprint density at radius 1 is 0.921 bits per heavy atom. The van der Waals surface area contributed by atoms with Gasteiger partial charge in [0.2, 0.25) is 10.0 Å². The summed E-state index contributed by atoms with van der Waals surface area (Å²) in [7, 11) is -2.56. The Labute approximate surface area is 218 Å². The first kappa shape index (κ1) is 28.5. The number of fused-ring (bicyclic) bond motifs is 1. The first-order valence-electron chi connectivity index (χ1n) is 11.5. The lowest BCUT2D eigenvalue weighted by molar-refractivity contribution is -0.139. The number of benzene rings is 3. The van der Waals surface area contributed by atoms with Crippen LogP contribution in [0, 0.1) is 0 Å². The number of aliphatic carboxylic acids is 1. The van der Waals surface area contributed by atoms with E-state index in [9.17, 15) is 27.9 Å². The summed E-state index contributed by atoms with van der Waals surface area (Å²) < 4.78 is 30.3. The van der Waals surface area contributed by atoms with E-state index in [1.54, 1.807) is 43.4 Å². The van der Waals surface area contributed by atoms with Crippen LogP contribution in [0.3, 0.4) is 0 Å². The predicted octanol–water partition coefficient (Wildman–Crippen LogP) is 1.91. The van der Waals surface area contributed by atoms with Crippen LogP contribution in [-0.4, -0.2) is 39.9 Å². The number of aryl methyl sites for hydroxylation is 1. The van der Waals surface area contributed by atoms with Crippen molar-refractivity contribution in [3.05, 3.63) is 99.7 Å². The van der Waals surface area contributed by atoms with E-state index < -0.39 is 33.3 Å². The van der Waals surface area contributed by atoms with Gasteiger partial charge in [0.1, 0.15) is 6.04 Å². The lowest BCUT2D eigenvalue weighted by Crippen LogP contribution is -2.42. The second-order valence-electron chi connectivity index (χ2n) is 8.36. The van der Waals surface area contributed by atoms with Crippen LogP contribution in [-0.2, 0) is 28.4 Å². The minimum atomic E-state index is -4.12. The summed E-state index contributed by atoms with van der Waals surface area (Å²) in [5.41, 5.74) is 1.25. The summed E-state index contributed by atoms with van der Waals surface area (Å²) in [4.78, 5) is 37.2. The third kappa shape index (κ3) is 6.23. The maximum absolute atomic E-state index is 12.8. The Morgan fingerprint density at radius 3 is 2.13 bits per heavy atom. The number of nitrogens with one attached hydrogen (secondary N) is 1. The fraction of sp³-hybridized carbons (Fsp3) is 0.192. The van der Waals surface area contributed by atoms with Gasteiger partial charge in [0, 0.05) is 13.6 Å². The molecule has 0 saturated heterocycles. The van der Waals surface area contributed by atoms with Crippen molar-refractivity contribution >= 4 is 26.9 Å². The largest absolute Gasteiger partial charge is 0.480 e. The lowest BCUT2D eigenvalue weighted by atomic mass is 10.1. The summed E-state index contributed by atoms with van der Waals surface area (Å²) in [6.45, 7) is -0.0480. The monoisotopic (exact) mass is 540 g/mol. The molecule has 0 radical (unpaired) electrons. The highest BCUT2D eigenvalue weighted by molar-refractivity contribution is 7.89. The molecule has 4 aromatic rings. The SMILES string of the molecule is Cn1c(=O)n(CCC[C@@H](NS(=O)(=O)c2ccc(-c3ccccc3)cc2)C(=O)O)c(=O)c2ccccc21.NO. The highest BCUT2D eigenvalue weighted by Gasteiger charge is 2.25. The van der Waals surface area contributed by atoms with E-state index in [-0.39, 0.29) is 24.3 Å². The van der Waals surface area contributed by atoms with E-state index in [1.165, 1.54) is 16.7 Å². The van der Waals surface area contributed by atoms with E-state index in [1.807, 2.05) is 30.3 Å². The van der Waals surface area contributed by atoms with Crippen molar-refractivity contribution in [2.24, 2.45) is 12.9 Å². The Balaban J connectivity index is 0.00000195. The topological polar surface area (TPSA) is 174 Å². The molecular weight excluding hydrogens is 512 g/mol. The Morgan fingerprint density at radius 2 is 1.50 bits per heavy atom. The van der Waals surface area contributed by atoms with Crippen molar-refractivity contribution in [2.45, 2.75) is 30.3 Å². The zero-order valence-electron chi connectivity index (χ0n) is 20.5. The fourth-order valence-corrected chi connectivity index (χ4v) is 5.28. The molecule has 200 valence electrons. The number of hydrogen-bond acceptors (Lipinski definition) is 7. The number of para-hydroxylation sites is 1. The second kappa shape index (κ2) is 12.4. The van der Waals surface area contributed by atoms with Gasteiger partial charge < -0.3 is 10.3 Å². The van der Waals surface area contributed by atoms with Gasteiger partial charge in [-0.2, -0.15) is 4.72 Å². The molecule has 0 amide bonds. The summed E-state index contributed by atoms with van der Waals surface area (Å²) in [6, 6.07) is 20.9. The molecule has 1 aromatic heterocycles. The number of carbonyl (C=O) groups is 1. The van der Waals surface area contributed by atoms with Gasteiger partial charge in [-0.05, 0) is 48.2 Å². The highest BCUT2D eigenvalue weighted by Crippen LogP contribution is 2.21. The van der Waals surface area contributed by atoms with E-state index >= 15 is 0 Å². The van der Waals surface area contributed by atoms with Gasteiger partial charge in [-0.25, -0.2) is 19.1 Å². The Bertz CT molecular complexity index is 1630. The predicted molar refractivity (Wildman–Crippen MR) is 142 cm³/mol. The molecule has 1 atom stereocenters. The van der Waals surface area contributed by atoms with Gasteiger partial charge in [0.05, 0.1) is 15.8 Å². The standard InChI is InChI=1S/C26H25N3O6S.H3NO/c1-28-23-12-6-5-10-21(23)24(30)29(26(28)33)17-7-11-22(25(31)32)27-36(34,35)20-15-13-19(14-16-20)18-8-3-2-4-9-18;1-2/h2-6,8-10,12-16,22,27H,7,11,17H2,1H3,(H,31,32);2H,1H2/t22-;/m1./s1. The van der Waals surface area contributed by atoms with E-state index in [2.05, 4.69) is 10.6 Å². The minimum Gasteiger partial charge on any atom is -0.480 e. The third-order valence-electron chi connectivity index (χ3n) is 6.00. The van der Waals surface area contributed by atoms with Gasteiger partial charge >= 0.3 is 11.7 Å². The van der Waals surface area contributed by atoms with Crippen LogP contribution in [0.1, 0.15) is 12.8 Å². The molecule has 0 aliphatic heterocycles. The van der Waals surface area contributed by atoms with Crippen molar-refractivity contribution in [3.63, 3.8) is 0 Å². The smallest absolute Gasteiger partial charge is 0.331 e. The normalized spacial score (nSPS) is 12.0. The molecular formula is C26H28N4O7S. The summed E-state index contributed by atoms with van der Waals surface area (Å²) in [6.07, 6.45) is -0.0149. The number of rotatable bonds is 9. The van der Waals surface area contributed by atoms with E-state index in [4.69, 9.17) is 5.21 Å². The molecule has 0 aliphatic carbocycles. The first-order chi connectivity index (χ1) is 18.2. The molecule has 1 heterocycles. The highest BCUT2D eigenvalue weighted by atomic mass is 32.2. The zero-order valence-corrected chi connectivity index (χ0v) is 21.3. The quantitative estimate of drug-likeness (QED) is 0.233. The number of nitrogens with two attached hydrogens (primary N) is 1. The zero-order chi connectivity index (χ0) is 27.9. The molecule has 4 rings (SSSR count). The lowest BCUT2D eigenvalue weighted by Gasteiger charge is -2.16. The van der Waals surface area contributed by atoms with Crippen molar-refractivity contribution in [3.8, 4) is 11.1 Å². The number of sulfonamides is 1. The molecule has 0 saturated carbocycles. The van der Waals surface area contributed by atoms with Crippen LogP contribution in [0.4, 0.5) is 0 Å². The molecule has 38 heavy (non-hydrogen) atoms. The summed E-state index contributed by atoms with van der Waals surface area (Å²) >= 11 is 0. The van der Waals surface area contributed by atoms with E-state index in [0.29, 0.717) is 10.9 Å². The van der Waals surface area contributed by atoms with Crippen molar-refractivity contribution in [2.75, 3.05) is 0 Å². The van der Waals surface area contributed by atoms with Crippen LogP contribution < -0.4 is 21.9 Å². The van der Waals surface area contributed by atoms with Gasteiger partial charge in [0.25, 0.3) is 5.56 Å². The third-order valence-corrected chi connectivity index (χ3v) is 7.49. The molecule has 0 fully saturated rings. The van der Waals surface area contributed by atoms with Crippen LogP contribution in [0.25, 0.3) is 22.0 Å². The number of hydrogen-bond donors (Lipinski definition) is 4. The Kier molecular flexibility index (Phi) is 9.31. The number of nitrogens with zero attached hydrogens (tertiary/aromatic N) is 2. The van der Waals surface area contributed by atoms with E-state index in [0.717, 1.165) is 15.7 Å². The van der Waals surface area contributed by atoms with Gasteiger partial charge in [-0.15, -0.1) is 0 Å². The summed E-state index contributed by atoms with van der Waals surface area (Å²) in [5, 5.41) is 16.5. The first-order valence-corrected chi connectivity index (χ1v) is 13.0. The van der Waals surface area contributed by atoms with Crippen molar-refractivity contribution in [1.29, 1.82) is 0 Å². The molecule has 0 aliphatic rings. The van der Waals surface area contributed by atoms with Crippen LogP contribution >= 0.6 is 0 Å². The number of carboxylic acid groups (broad SMARTS) is 1. The van der Waals surface area contributed by atoms with Gasteiger partial charge in [-0.3, -0.25) is 18.7 Å². The number of carboxylic acids is 1. The van der Waals surface area contributed by atoms with Crippen LogP contribution in [0.15, 0.2) is 93.3 Å². The molecule has 0 bridgehead atoms. The Hall–Kier alpha value is -4.10. The average molecular weight is 541 g/mol. The molecule has 0 unspecified atom stereocenters. The molecule has 5 N–H and O–H groups in total. The van der Waals surface area contributed by atoms with Crippen molar-refractivity contribution < 1.29 is 23.5 Å². The van der Waals surface area contributed by atoms with Crippen LogP contribution in [0.2, 0.25) is 0 Å². The molecule has 0 spiro atoms. The fourth-order valence-electron chi connectivity index (χ4n) is 4.06. The number of aromatic nitrogens is 2. The van der Waals surface area contributed by atoms with Gasteiger partial charge in [-0.1, -0.05) is 54.6 Å².